The van der Waals surface area contributed by atoms with Crippen molar-refractivity contribution in [2.75, 3.05) is 37.4 Å². The maximum atomic E-state index is 10.1. The van der Waals surface area contributed by atoms with Crippen molar-refractivity contribution < 1.29 is 5.11 Å². The van der Waals surface area contributed by atoms with Crippen molar-refractivity contribution in [2.24, 2.45) is 5.92 Å². The van der Waals surface area contributed by atoms with Crippen molar-refractivity contribution in [3.05, 3.63) is 53.6 Å². The van der Waals surface area contributed by atoms with Crippen LogP contribution in [0.1, 0.15) is 11.1 Å². The predicted molar refractivity (Wildman–Crippen MR) is 118 cm³/mol. The molecule has 0 aliphatic carbocycles. The Morgan fingerprint density at radius 1 is 1.21 bits per heavy atom. The number of aliphatic hydroxyl groups excluding tert-OH is 1. The first-order chi connectivity index (χ1) is 14.0. The number of aliphatic hydroxyl groups is 1. The molecule has 150 valence electrons. The normalized spacial score (nSPS) is 18.3. The van der Waals surface area contributed by atoms with Crippen LogP contribution in [0.2, 0.25) is 0 Å². The quantitative estimate of drug-likeness (QED) is 0.653. The number of rotatable bonds is 6. The summed E-state index contributed by atoms with van der Waals surface area (Å²) in [5.41, 5.74) is 4.08. The van der Waals surface area contributed by atoms with Gasteiger partial charge in [0.15, 0.2) is 5.13 Å². The van der Waals surface area contributed by atoms with Gasteiger partial charge in [0, 0.05) is 30.9 Å². The number of aromatic nitrogens is 1. The van der Waals surface area contributed by atoms with Crippen LogP contribution in [0.3, 0.4) is 0 Å². The van der Waals surface area contributed by atoms with Gasteiger partial charge in [0.2, 0.25) is 0 Å². The molecule has 4 rings (SSSR count). The molecule has 6 nitrogen and oxygen atoms in total. The zero-order chi connectivity index (χ0) is 20.4. The molecule has 0 fully saturated rings. The van der Waals surface area contributed by atoms with Gasteiger partial charge in [0.25, 0.3) is 0 Å². The fourth-order valence-corrected chi connectivity index (χ4v) is 4.61. The van der Waals surface area contributed by atoms with E-state index >= 15 is 0 Å². The number of hydrogen-bond acceptors (Lipinski definition) is 7. The standard InChI is InChI=1S/C22H25N5OS/c1-26(2)10-11-27(14-15-6-4-3-5-7-15)22-25-20-17-12-16(13-23)21(28)24-18(17)8-9-19(20)29-22/h3-9,16,21,24,28H,10-12,14H2,1-2H3. The molecule has 1 aliphatic heterocycles. The van der Waals surface area contributed by atoms with Crippen molar-refractivity contribution >= 4 is 32.4 Å². The first kappa shape index (κ1) is 19.6. The summed E-state index contributed by atoms with van der Waals surface area (Å²) in [6.45, 7) is 2.61. The second kappa shape index (κ2) is 8.37. The lowest BCUT2D eigenvalue weighted by Crippen LogP contribution is -2.34. The smallest absolute Gasteiger partial charge is 0.186 e. The summed E-state index contributed by atoms with van der Waals surface area (Å²) in [5.74, 6) is -0.465. The highest BCUT2D eigenvalue weighted by atomic mass is 32.1. The number of thiazole rings is 1. The Morgan fingerprint density at radius 3 is 2.72 bits per heavy atom. The van der Waals surface area contributed by atoms with Crippen molar-refractivity contribution in [1.82, 2.24) is 9.88 Å². The molecule has 1 aromatic heterocycles. The number of hydrogen-bond donors (Lipinski definition) is 2. The van der Waals surface area contributed by atoms with Gasteiger partial charge in [-0.2, -0.15) is 5.26 Å². The summed E-state index contributed by atoms with van der Waals surface area (Å²) >= 11 is 1.68. The molecule has 0 amide bonds. The minimum absolute atomic E-state index is 0.465. The Labute approximate surface area is 175 Å². The van der Waals surface area contributed by atoms with Gasteiger partial charge in [-0.1, -0.05) is 41.7 Å². The van der Waals surface area contributed by atoms with Gasteiger partial charge in [-0.25, -0.2) is 4.98 Å². The van der Waals surface area contributed by atoms with Gasteiger partial charge in [-0.15, -0.1) is 0 Å². The monoisotopic (exact) mass is 407 g/mol. The number of anilines is 2. The lowest BCUT2D eigenvalue weighted by molar-refractivity contribution is 0.156. The molecular formula is C22H25N5OS. The maximum Gasteiger partial charge on any atom is 0.186 e. The predicted octanol–water partition coefficient (Wildman–Crippen LogP) is 3.29. The van der Waals surface area contributed by atoms with E-state index in [0.717, 1.165) is 46.2 Å². The van der Waals surface area contributed by atoms with Crippen LogP contribution in [0.15, 0.2) is 42.5 Å². The Kier molecular flexibility index (Phi) is 5.67. The molecule has 0 saturated carbocycles. The van der Waals surface area contributed by atoms with E-state index in [1.807, 2.05) is 18.2 Å². The van der Waals surface area contributed by atoms with Gasteiger partial charge in [-0.05, 0) is 38.2 Å². The van der Waals surface area contributed by atoms with Gasteiger partial charge in [0.1, 0.15) is 6.23 Å². The van der Waals surface area contributed by atoms with Crippen molar-refractivity contribution in [2.45, 2.75) is 19.2 Å². The minimum atomic E-state index is -0.835. The molecule has 0 saturated heterocycles. The molecule has 0 spiro atoms. The third kappa shape index (κ3) is 4.20. The first-order valence-corrected chi connectivity index (χ1v) is 10.6. The van der Waals surface area contributed by atoms with Gasteiger partial charge in [0.05, 0.1) is 22.2 Å². The molecule has 3 aromatic rings. The summed E-state index contributed by atoms with van der Waals surface area (Å²) in [6.07, 6.45) is -0.325. The van der Waals surface area contributed by atoms with E-state index in [1.165, 1.54) is 5.56 Å². The van der Waals surface area contributed by atoms with E-state index in [9.17, 15) is 10.4 Å². The summed E-state index contributed by atoms with van der Waals surface area (Å²) in [4.78, 5) is 9.48. The third-order valence-corrected chi connectivity index (χ3v) is 6.31. The van der Waals surface area contributed by atoms with Crippen LogP contribution in [0, 0.1) is 17.2 Å². The Bertz CT molecular complexity index is 1030. The molecule has 7 heteroatoms. The molecule has 2 N–H and O–H groups in total. The number of nitrogens with one attached hydrogen (secondary N) is 1. The number of fused-ring (bicyclic) bond motifs is 3. The molecule has 29 heavy (non-hydrogen) atoms. The summed E-state index contributed by atoms with van der Waals surface area (Å²) in [7, 11) is 4.16. The van der Waals surface area contributed by atoms with Gasteiger partial charge in [-0.3, -0.25) is 0 Å². The van der Waals surface area contributed by atoms with Gasteiger partial charge >= 0.3 is 0 Å². The molecule has 0 bridgehead atoms. The zero-order valence-electron chi connectivity index (χ0n) is 16.7. The Balaban J connectivity index is 1.69. The largest absolute Gasteiger partial charge is 0.372 e. The second-order valence-electron chi connectivity index (χ2n) is 7.67. The summed E-state index contributed by atoms with van der Waals surface area (Å²) in [5, 5.41) is 23.5. The average Bonchev–Trinajstić information content (AvgIpc) is 3.15. The molecule has 0 radical (unpaired) electrons. The van der Waals surface area contributed by atoms with E-state index < -0.39 is 12.1 Å². The maximum absolute atomic E-state index is 10.1. The molecule has 2 unspecified atom stereocenters. The van der Waals surface area contributed by atoms with E-state index in [0.29, 0.717) is 6.42 Å². The zero-order valence-corrected chi connectivity index (χ0v) is 17.5. The highest BCUT2D eigenvalue weighted by Gasteiger charge is 2.29. The van der Waals surface area contributed by atoms with Crippen molar-refractivity contribution in [1.29, 1.82) is 5.26 Å². The van der Waals surface area contributed by atoms with Crippen LogP contribution in [-0.2, 0) is 13.0 Å². The summed E-state index contributed by atoms with van der Waals surface area (Å²) < 4.78 is 1.11. The minimum Gasteiger partial charge on any atom is -0.372 e. The topological polar surface area (TPSA) is 75.4 Å². The lowest BCUT2D eigenvalue weighted by Gasteiger charge is -2.27. The van der Waals surface area contributed by atoms with Crippen LogP contribution in [-0.4, -0.2) is 48.4 Å². The molecule has 2 aromatic carbocycles. The van der Waals surface area contributed by atoms with E-state index in [4.69, 9.17) is 4.98 Å². The van der Waals surface area contributed by atoms with Crippen LogP contribution in [0.25, 0.3) is 10.2 Å². The summed E-state index contributed by atoms with van der Waals surface area (Å²) in [6, 6.07) is 16.7. The number of benzene rings is 2. The fraction of sp³-hybridized carbons (Fsp3) is 0.364. The van der Waals surface area contributed by atoms with E-state index in [1.54, 1.807) is 11.3 Å². The van der Waals surface area contributed by atoms with Gasteiger partial charge < -0.3 is 20.2 Å². The average molecular weight is 408 g/mol. The third-order valence-electron chi connectivity index (χ3n) is 5.23. The van der Waals surface area contributed by atoms with Crippen molar-refractivity contribution in [3.8, 4) is 6.07 Å². The first-order valence-electron chi connectivity index (χ1n) is 9.75. The number of nitriles is 1. The van der Waals surface area contributed by atoms with Crippen LogP contribution in [0.5, 0.6) is 0 Å². The Morgan fingerprint density at radius 2 is 2.00 bits per heavy atom. The molecule has 1 aliphatic rings. The molecular weight excluding hydrogens is 382 g/mol. The lowest BCUT2D eigenvalue weighted by atomic mass is 9.93. The highest BCUT2D eigenvalue weighted by Crippen LogP contribution is 2.38. The second-order valence-corrected chi connectivity index (χ2v) is 8.68. The fourth-order valence-electron chi connectivity index (χ4n) is 3.59. The van der Waals surface area contributed by atoms with Crippen LogP contribution >= 0.6 is 11.3 Å². The van der Waals surface area contributed by atoms with Crippen LogP contribution < -0.4 is 10.2 Å². The van der Waals surface area contributed by atoms with E-state index in [2.05, 4.69) is 59.5 Å². The number of likely N-dealkylation sites (N-methyl/N-ethyl adjacent to an activating group) is 1. The molecule has 2 atom stereocenters. The van der Waals surface area contributed by atoms with Crippen LogP contribution in [0.4, 0.5) is 10.8 Å². The SMILES string of the molecule is CN(C)CCN(Cc1ccccc1)c1nc2c3c(ccc2s1)NC(O)C(C#N)C3. The number of nitrogens with zero attached hydrogens (tertiary/aromatic N) is 4. The molecule has 2 heterocycles. The Hall–Kier alpha value is -2.66. The van der Waals surface area contributed by atoms with Crippen molar-refractivity contribution in [3.63, 3.8) is 0 Å². The highest BCUT2D eigenvalue weighted by molar-refractivity contribution is 7.22. The van der Waals surface area contributed by atoms with E-state index in [-0.39, 0.29) is 0 Å².